The highest BCUT2D eigenvalue weighted by Gasteiger charge is 2.16. The van der Waals surface area contributed by atoms with Gasteiger partial charge in [-0.1, -0.05) is 42.5 Å². The van der Waals surface area contributed by atoms with Crippen molar-refractivity contribution in [1.82, 2.24) is 0 Å². The minimum atomic E-state index is -0.495. The fourth-order valence-corrected chi connectivity index (χ4v) is 3.77. The van der Waals surface area contributed by atoms with Crippen LogP contribution in [0.5, 0.6) is 5.75 Å². The normalized spacial score (nSPS) is 11.5. The number of carbonyl (C=O) groups is 1. The van der Waals surface area contributed by atoms with Crippen molar-refractivity contribution in [3.8, 4) is 5.75 Å². The summed E-state index contributed by atoms with van der Waals surface area (Å²) in [6.45, 7) is 1.96. The lowest BCUT2D eigenvalue weighted by Gasteiger charge is -2.15. The number of benzene rings is 5. The molecule has 5 rings (SSSR count). The predicted octanol–water partition coefficient (Wildman–Crippen LogP) is 6.25. The molecule has 5 aromatic carbocycles. The van der Waals surface area contributed by atoms with E-state index >= 15 is 0 Å². The minimum absolute atomic E-state index is 0.320. The summed E-state index contributed by atoms with van der Waals surface area (Å²) in [4.78, 5) is 12.5. The van der Waals surface area contributed by atoms with Crippen LogP contribution in [0.1, 0.15) is 15.9 Å². The second kappa shape index (κ2) is 5.78. The number of ether oxygens (including phenoxy) is 1. The first-order valence-corrected chi connectivity index (χ1v) is 8.77. The molecular formula is C24H15FO2. The summed E-state index contributed by atoms with van der Waals surface area (Å²) < 4.78 is 18.7. The summed E-state index contributed by atoms with van der Waals surface area (Å²) in [5.41, 5.74) is 1.23. The molecule has 0 amide bonds. The van der Waals surface area contributed by atoms with Crippen LogP contribution in [-0.4, -0.2) is 5.97 Å². The van der Waals surface area contributed by atoms with Crippen LogP contribution in [0.25, 0.3) is 32.3 Å². The van der Waals surface area contributed by atoms with E-state index < -0.39 is 5.97 Å². The van der Waals surface area contributed by atoms with Crippen molar-refractivity contribution in [2.45, 2.75) is 6.92 Å². The van der Waals surface area contributed by atoms with Gasteiger partial charge in [-0.3, -0.25) is 0 Å². The molecule has 0 aliphatic heterocycles. The second-order valence-corrected chi connectivity index (χ2v) is 6.75. The number of aryl methyl sites for hydroxylation is 1. The van der Waals surface area contributed by atoms with Crippen LogP contribution in [0.3, 0.4) is 0 Å². The molecule has 0 saturated carbocycles. The van der Waals surface area contributed by atoms with Gasteiger partial charge in [0.05, 0.1) is 5.56 Å². The van der Waals surface area contributed by atoms with Gasteiger partial charge in [0.2, 0.25) is 0 Å². The van der Waals surface area contributed by atoms with E-state index in [-0.39, 0.29) is 5.82 Å². The van der Waals surface area contributed by atoms with Crippen molar-refractivity contribution in [2.24, 2.45) is 0 Å². The third kappa shape index (κ3) is 2.43. The quantitative estimate of drug-likeness (QED) is 0.213. The first-order valence-electron chi connectivity index (χ1n) is 8.77. The number of carbonyl (C=O) groups excluding carboxylic acids is 1. The smallest absolute Gasteiger partial charge is 0.343 e. The highest BCUT2D eigenvalue weighted by molar-refractivity contribution is 6.24. The van der Waals surface area contributed by atoms with Crippen LogP contribution >= 0.6 is 0 Å². The third-order valence-electron chi connectivity index (χ3n) is 5.15. The van der Waals surface area contributed by atoms with Crippen LogP contribution in [0.15, 0.2) is 72.8 Å². The average Bonchev–Trinajstić information content (AvgIpc) is 2.69. The van der Waals surface area contributed by atoms with Crippen molar-refractivity contribution in [3.05, 3.63) is 89.7 Å². The van der Waals surface area contributed by atoms with Gasteiger partial charge in [-0.2, -0.15) is 0 Å². The zero-order valence-corrected chi connectivity index (χ0v) is 14.6. The maximum atomic E-state index is 13.1. The first-order chi connectivity index (χ1) is 13.1. The van der Waals surface area contributed by atoms with Gasteiger partial charge >= 0.3 is 5.97 Å². The molecule has 0 radical (unpaired) electrons. The highest BCUT2D eigenvalue weighted by Crippen LogP contribution is 2.39. The maximum absolute atomic E-state index is 13.1. The molecule has 0 aromatic heterocycles. The Bertz CT molecular complexity index is 1300. The molecule has 0 bridgehead atoms. The van der Waals surface area contributed by atoms with Gasteiger partial charge in [-0.25, -0.2) is 9.18 Å². The molecule has 0 saturated heterocycles. The molecule has 0 unspecified atom stereocenters. The summed E-state index contributed by atoms with van der Waals surface area (Å²) in [7, 11) is 0. The van der Waals surface area contributed by atoms with E-state index in [1.54, 1.807) is 0 Å². The summed E-state index contributed by atoms with van der Waals surface area (Å²) in [6.07, 6.45) is 0. The van der Waals surface area contributed by atoms with Crippen LogP contribution < -0.4 is 4.74 Å². The predicted molar refractivity (Wildman–Crippen MR) is 106 cm³/mol. The largest absolute Gasteiger partial charge is 0.423 e. The fraction of sp³-hybridized carbons (Fsp3) is 0.0417. The topological polar surface area (TPSA) is 26.3 Å². The van der Waals surface area contributed by atoms with Crippen LogP contribution in [-0.2, 0) is 0 Å². The lowest BCUT2D eigenvalue weighted by Crippen LogP contribution is -2.09. The number of hydrogen-bond acceptors (Lipinski definition) is 2. The van der Waals surface area contributed by atoms with Crippen LogP contribution in [0.2, 0.25) is 0 Å². The zero-order valence-electron chi connectivity index (χ0n) is 14.6. The number of halogens is 1. The van der Waals surface area contributed by atoms with Crippen LogP contribution in [0, 0.1) is 12.7 Å². The molecule has 2 nitrogen and oxygen atoms in total. The van der Waals surface area contributed by atoms with E-state index in [1.807, 2.05) is 13.0 Å². The summed E-state index contributed by atoms with van der Waals surface area (Å²) in [5.74, 6) is -0.355. The van der Waals surface area contributed by atoms with E-state index in [1.165, 1.54) is 45.8 Å². The molecule has 3 heteroatoms. The molecule has 0 heterocycles. The SMILES string of the molecule is Cc1c(OC(=O)c2ccc(F)cc2)cc2ccc3cccc4ccc1c2c34. The molecule has 0 aliphatic rings. The Morgan fingerprint density at radius 3 is 2.22 bits per heavy atom. The monoisotopic (exact) mass is 354 g/mol. The van der Waals surface area contributed by atoms with Gasteiger partial charge in [-0.05, 0) is 75.1 Å². The summed E-state index contributed by atoms with van der Waals surface area (Å²) in [5, 5.41) is 6.90. The molecule has 0 aliphatic carbocycles. The van der Waals surface area contributed by atoms with E-state index in [0.717, 1.165) is 16.3 Å². The molecule has 130 valence electrons. The Labute approximate surface area is 155 Å². The van der Waals surface area contributed by atoms with Crippen molar-refractivity contribution in [3.63, 3.8) is 0 Å². The number of rotatable bonds is 2. The molecule has 0 spiro atoms. The van der Waals surface area contributed by atoms with Gasteiger partial charge in [-0.15, -0.1) is 0 Å². The van der Waals surface area contributed by atoms with Gasteiger partial charge < -0.3 is 4.74 Å². The van der Waals surface area contributed by atoms with E-state index in [9.17, 15) is 9.18 Å². The molecule has 0 atom stereocenters. The van der Waals surface area contributed by atoms with Crippen molar-refractivity contribution < 1.29 is 13.9 Å². The Kier molecular flexibility index (Phi) is 3.37. The van der Waals surface area contributed by atoms with Gasteiger partial charge in [0.1, 0.15) is 11.6 Å². The Hall–Kier alpha value is -3.46. The molecule has 0 N–H and O–H groups in total. The molecule has 27 heavy (non-hydrogen) atoms. The van der Waals surface area contributed by atoms with E-state index in [0.29, 0.717) is 11.3 Å². The van der Waals surface area contributed by atoms with Crippen molar-refractivity contribution in [2.75, 3.05) is 0 Å². The van der Waals surface area contributed by atoms with Crippen LogP contribution in [0.4, 0.5) is 4.39 Å². The third-order valence-corrected chi connectivity index (χ3v) is 5.15. The first kappa shape index (κ1) is 15.8. The second-order valence-electron chi connectivity index (χ2n) is 6.75. The Balaban J connectivity index is 1.68. The lowest BCUT2D eigenvalue weighted by atomic mass is 9.92. The number of esters is 1. The summed E-state index contributed by atoms with van der Waals surface area (Å²) >= 11 is 0. The van der Waals surface area contributed by atoms with Crippen molar-refractivity contribution >= 4 is 38.3 Å². The van der Waals surface area contributed by atoms with Crippen molar-refractivity contribution in [1.29, 1.82) is 0 Å². The standard InChI is InChI=1S/C24H15FO2/c1-14-20-12-9-16-4-2-3-15-5-6-18(23(20)22(15)16)13-21(14)27-24(26)17-7-10-19(25)11-8-17/h2-13H,1H3. The Morgan fingerprint density at radius 2 is 1.48 bits per heavy atom. The maximum Gasteiger partial charge on any atom is 0.343 e. The van der Waals surface area contributed by atoms with E-state index in [2.05, 4.69) is 42.5 Å². The highest BCUT2D eigenvalue weighted by atomic mass is 19.1. The average molecular weight is 354 g/mol. The van der Waals surface area contributed by atoms with Gasteiger partial charge in [0, 0.05) is 0 Å². The Morgan fingerprint density at radius 1 is 0.815 bits per heavy atom. The molecule has 0 fully saturated rings. The minimum Gasteiger partial charge on any atom is -0.423 e. The van der Waals surface area contributed by atoms with Gasteiger partial charge in [0.25, 0.3) is 0 Å². The number of hydrogen-bond donors (Lipinski definition) is 0. The fourth-order valence-electron chi connectivity index (χ4n) is 3.77. The molecular weight excluding hydrogens is 339 g/mol. The molecule has 5 aromatic rings. The summed E-state index contributed by atoms with van der Waals surface area (Å²) in [6, 6.07) is 21.9. The zero-order chi connectivity index (χ0) is 18.5. The van der Waals surface area contributed by atoms with Gasteiger partial charge in [0.15, 0.2) is 0 Å². The lowest BCUT2D eigenvalue weighted by molar-refractivity contribution is 0.0734. The van der Waals surface area contributed by atoms with E-state index in [4.69, 9.17) is 4.74 Å².